The van der Waals surface area contributed by atoms with Gasteiger partial charge in [0.2, 0.25) is 0 Å². The second-order valence-corrected chi connectivity index (χ2v) is 41.3. The van der Waals surface area contributed by atoms with Crippen LogP contribution in [0.5, 0.6) is 0 Å². The minimum atomic E-state index is -2.62. The molecule has 84 valence electrons. The van der Waals surface area contributed by atoms with Gasteiger partial charge in [0.1, 0.15) is 0 Å². The van der Waals surface area contributed by atoms with Crippen LogP contribution in [-0.4, -0.2) is 40.1 Å². The van der Waals surface area contributed by atoms with Crippen LogP contribution in [-0.2, 0) is 0 Å². The number of hydrogen-bond donors (Lipinski definition) is 0. The molecule has 0 amide bonds. The average Bonchev–Trinajstić information content (AvgIpc) is 2.01. The lowest BCUT2D eigenvalue weighted by atomic mass is 11.6. The summed E-state index contributed by atoms with van der Waals surface area (Å²) in [6, 6.07) is 0. The Balaban J connectivity index is 5.21. The molecule has 14 heavy (non-hydrogen) atoms. The number of rotatable bonds is 4. The number of halogens is 4. The summed E-state index contributed by atoms with van der Waals surface area (Å²) < 4.78 is 1.48. The lowest BCUT2D eigenvalue weighted by molar-refractivity contribution is 0.872. The van der Waals surface area contributed by atoms with Crippen molar-refractivity contribution in [3.05, 3.63) is 0 Å². The highest BCUT2D eigenvalue weighted by atomic mass is 35.7. The van der Waals surface area contributed by atoms with Crippen molar-refractivity contribution in [1.29, 1.82) is 0 Å². The van der Waals surface area contributed by atoms with Gasteiger partial charge in [0.15, 0.2) is 5.94 Å². The van der Waals surface area contributed by atoms with E-state index in [2.05, 4.69) is 26.2 Å². The molecule has 0 aromatic rings. The summed E-state index contributed by atoms with van der Waals surface area (Å²) in [4.78, 5) is 0. The Morgan fingerprint density at radius 2 is 1.21 bits per heavy atom. The van der Waals surface area contributed by atoms with Crippen molar-refractivity contribution in [3.8, 4) is 0 Å². The van der Waals surface area contributed by atoms with Crippen LogP contribution in [0.3, 0.4) is 0 Å². The van der Waals surface area contributed by atoms with Crippen molar-refractivity contribution in [3.63, 3.8) is 0 Å². The van der Waals surface area contributed by atoms with Crippen LogP contribution in [0, 0.1) is 0 Å². The highest BCUT2D eigenvalue weighted by molar-refractivity contribution is 8.06. The van der Waals surface area contributed by atoms with Gasteiger partial charge in [-0.05, 0) is 18.8 Å². The lowest BCUT2D eigenvalue weighted by Crippen LogP contribution is -2.72. The van der Waals surface area contributed by atoms with E-state index < -0.39 is 28.9 Å². The second kappa shape index (κ2) is 5.55. The van der Waals surface area contributed by atoms with E-state index in [1.54, 1.807) is 7.05 Å². The monoisotopic (exact) mass is 341 g/mol. The van der Waals surface area contributed by atoms with Crippen molar-refractivity contribution < 1.29 is 0 Å². The van der Waals surface area contributed by atoms with Gasteiger partial charge in [-0.25, -0.2) is 4.08 Å². The average molecular weight is 343 g/mol. The predicted molar refractivity (Wildman–Crippen MR) is 77.6 cm³/mol. The molecule has 0 saturated heterocycles. The van der Waals surface area contributed by atoms with Crippen molar-refractivity contribution in [2.45, 2.75) is 26.2 Å². The molecule has 0 aliphatic heterocycles. The van der Waals surface area contributed by atoms with Gasteiger partial charge in [0.25, 0.3) is 0 Å². The second-order valence-electron chi connectivity index (χ2n) is 3.68. The van der Waals surface area contributed by atoms with Gasteiger partial charge in [-0.15, -0.1) is 22.2 Å². The normalized spacial score (nSPS) is 14.6. The molecule has 0 aromatic carbocycles. The van der Waals surface area contributed by atoms with Crippen LogP contribution >= 0.6 is 45.0 Å². The van der Waals surface area contributed by atoms with Gasteiger partial charge in [-0.1, -0.05) is 26.2 Å². The minimum absolute atomic E-state index is 0.651. The first-order valence-electron chi connectivity index (χ1n) is 4.16. The van der Waals surface area contributed by atoms with Crippen LogP contribution in [0.1, 0.15) is 0 Å². The van der Waals surface area contributed by atoms with E-state index >= 15 is 0 Å². The maximum absolute atomic E-state index is 6.80. The molecule has 9 heteroatoms. The van der Waals surface area contributed by atoms with Crippen molar-refractivity contribution in [2.75, 3.05) is 7.05 Å². The Morgan fingerprint density at radius 3 is 1.29 bits per heavy atom. The third-order valence-electron chi connectivity index (χ3n) is 2.18. The van der Waals surface area contributed by atoms with Crippen LogP contribution in [0.25, 0.3) is 0 Å². The van der Waals surface area contributed by atoms with Gasteiger partial charge < -0.3 is 0 Å². The summed E-state index contributed by atoms with van der Waals surface area (Å²) >= 11 is 25.6. The Bertz CT molecular complexity index is 190. The van der Waals surface area contributed by atoms with E-state index in [1.165, 1.54) is 4.08 Å². The molecular formula is C5H15Cl4NSi4. The Labute approximate surface area is 111 Å². The topological polar surface area (TPSA) is 3.24 Å². The molecule has 0 aromatic heterocycles. The highest BCUT2D eigenvalue weighted by Crippen LogP contribution is 2.37. The third-order valence-corrected chi connectivity index (χ3v) is 67.9. The van der Waals surface area contributed by atoms with Crippen molar-refractivity contribution in [2.24, 2.45) is 0 Å². The molecule has 2 radical (unpaired) electrons. The Morgan fingerprint density at radius 1 is 0.929 bits per heavy atom. The maximum atomic E-state index is 6.80. The van der Waals surface area contributed by atoms with Gasteiger partial charge in [-0.3, -0.25) is 0 Å². The van der Waals surface area contributed by atoms with Gasteiger partial charge >= 0.3 is 6.37 Å². The summed E-state index contributed by atoms with van der Waals surface area (Å²) in [6.07, 6.45) is -2.62. The molecule has 1 nitrogen and oxygen atoms in total. The van der Waals surface area contributed by atoms with E-state index in [0.717, 1.165) is 0 Å². The fraction of sp³-hybridized carbons (Fsp3) is 1.00. The lowest BCUT2D eigenvalue weighted by Gasteiger charge is -2.41. The fourth-order valence-corrected chi connectivity index (χ4v) is 59.0. The minimum Gasteiger partial charge on any atom is -0.219 e. The molecular weight excluding hydrogens is 328 g/mol. The summed E-state index contributed by atoms with van der Waals surface area (Å²) in [7, 11) is 0.427. The number of nitrogens with zero attached hydrogens (tertiary/aromatic N) is 1. The molecule has 0 heterocycles. The summed E-state index contributed by atoms with van der Waals surface area (Å²) in [5.41, 5.74) is 0. The van der Waals surface area contributed by atoms with Gasteiger partial charge in [0, 0.05) is 0 Å². The summed E-state index contributed by atoms with van der Waals surface area (Å²) in [5.74, 6) is -2.06. The largest absolute Gasteiger partial charge is 0.332 e. The zero-order valence-corrected chi connectivity index (χ0v) is 16.0. The van der Waals surface area contributed by atoms with E-state index in [-0.39, 0.29) is 0 Å². The Hall–Kier alpha value is 1.99. The molecule has 0 fully saturated rings. The molecule has 0 aliphatic carbocycles. The van der Waals surface area contributed by atoms with E-state index in [0.29, 0.717) is 0 Å². The van der Waals surface area contributed by atoms with Crippen LogP contribution in [0.15, 0.2) is 0 Å². The molecule has 0 spiro atoms. The zero-order chi connectivity index (χ0) is 11.7. The smallest absolute Gasteiger partial charge is 0.219 e. The molecule has 0 N–H and O–H groups in total. The van der Waals surface area contributed by atoms with Gasteiger partial charge in [-0.2, -0.15) is 11.1 Å². The number of hydrogen-bond acceptors (Lipinski definition) is 1. The quantitative estimate of drug-likeness (QED) is 0.430. The van der Waals surface area contributed by atoms with Gasteiger partial charge in [0.05, 0.1) is 16.6 Å². The molecule has 0 saturated carbocycles. The fourth-order valence-electron chi connectivity index (χ4n) is 1.31. The first-order chi connectivity index (χ1) is 6.08. The SMILES string of the molecule is CN(Cl)[Si](Cl)(Cl)[Si](Cl)([Si](C)C)[Si](C)C. The maximum Gasteiger partial charge on any atom is 0.332 e. The highest BCUT2D eigenvalue weighted by Gasteiger charge is 2.61. The Kier molecular flexibility index (Phi) is 6.34. The summed E-state index contributed by atoms with van der Waals surface area (Å²) in [6.45, 7) is 8.81. The van der Waals surface area contributed by atoms with Crippen molar-refractivity contribution >= 4 is 74.0 Å². The molecule has 0 atom stereocenters. The standard InChI is InChI=1S/C5H15Cl4NSi4/c1-10(6)13(7,8)14(9,11(2)3)12(4)5/h1-5H3. The van der Waals surface area contributed by atoms with Crippen molar-refractivity contribution in [1.82, 2.24) is 4.08 Å². The van der Waals surface area contributed by atoms with Crippen LogP contribution in [0.2, 0.25) is 26.2 Å². The zero-order valence-electron chi connectivity index (χ0n) is 8.96. The van der Waals surface area contributed by atoms with E-state index in [4.69, 9.17) is 45.0 Å². The van der Waals surface area contributed by atoms with Crippen LogP contribution < -0.4 is 0 Å². The summed E-state index contributed by atoms with van der Waals surface area (Å²) in [5, 5.41) is 0. The molecule has 0 bridgehead atoms. The first kappa shape index (κ1) is 16.0. The third kappa shape index (κ3) is 2.81. The van der Waals surface area contributed by atoms with E-state index in [9.17, 15) is 0 Å². The van der Waals surface area contributed by atoms with E-state index in [1.807, 2.05) is 0 Å². The molecule has 0 rings (SSSR count). The predicted octanol–water partition coefficient (Wildman–Crippen LogP) is 3.42. The molecule has 0 aliphatic rings. The molecule has 0 unspecified atom stereocenters. The first-order valence-corrected chi connectivity index (χ1v) is 19.5. The van der Waals surface area contributed by atoms with Crippen LogP contribution in [0.4, 0.5) is 0 Å².